The van der Waals surface area contributed by atoms with Gasteiger partial charge >= 0.3 is 6.09 Å². The maximum atomic E-state index is 13.8. The number of hydrogen-bond acceptors (Lipinski definition) is 8. The van der Waals surface area contributed by atoms with Crippen molar-refractivity contribution in [3.8, 4) is 5.69 Å². The molecular weight excluding hydrogens is 488 g/mol. The topological polar surface area (TPSA) is 132 Å². The second kappa shape index (κ2) is 9.35. The Morgan fingerprint density at radius 1 is 1.08 bits per heavy atom. The van der Waals surface area contributed by atoms with Gasteiger partial charge in [0.1, 0.15) is 18.2 Å². The summed E-state index contributed by atoms with van der Waals surface area (Å²) >= 11 is 0. The van der Waals surface area contributed by atoms with E-state index in [1.54, 1.807) is 6.20 Å². The standard InChI is InChI=1S/C26H30N8O4/c1-15-7-8-19-18(10-30-34(19)20-6-4-5-9-38-20)23(15)33-14-29-21-22(25(33)35)27-13-28-24(21)31-11-17(3)32(26(36)37)12-16(31)2/h7-8,10,13-14,16-17,20H,4-6,9,11-12H2,1-3H3,(H,36,37). The van der Waals surface area contributed by atoms with Crippen molar-refractivity contribution in [3.05, 3.63) is 46.9 Å². The first kappa shape index (κ1) is 24.3. The summed E-state index contributed by atoms with van der Waals surface area (Å²) < 4.78 is 9.38. The van der Waals surface area contributed by atoms with Gasteiger partial charge in [-0.15, -0.1) is 0 Å². The van der Waals surface area contributed by atoms with Crippen LogP contribution in [0.5, 0.6) is 0 Å². The number of piperazine rings is 1. The van der Waals surface area contributed by atoms with Crippen molar-refractivity contribution in [1.82, 2.24) is 34.2 Å². The Kier molecular flexibility index (Phi) is 5.98. The zero-order valence-corrected chi connectivity index (χ0v) is 21.6. The Balaban J connectivity index is 1.44. The summed E-state index contributed by atoms with van der Waals surface area (Å²) in [5.74, 6) is 0.529. The molecule has 1 amide bonds. The van der Waals surface area contributed by atoms with E-state index in [1.807, 2.05) is 42.5 Å². The van der Waals surface area contributed by atoms with Crippen molar-refractivity contribution in [2.24, 2.45) is 0 Å². The minimum absolute atomic E-state index is 0.121. The Morgan fingerprint density at radius 3 is 2.68 bits per heavy atom. The van der Waals surface area contributed by atoms with E-state index in [1.165, 1.54) is 22.1 Å². The maximum absolute atomic E-state index is 13.8. The molecule has 12 nitrogen and oxygen atoms in total. The number of hydrogen-bond donors (Lipinski definition) is 1. The molecule has 1 N–H and O–H groups in total. The van der Waals surface area contributed by atoms with Crippen LogP contribution in [0.4, 0.5) is 10.6 Å². The molecule has 198 valence electrons. The first-order valence-electron chi connectivity index (χ1n) is 12.9. The molecule has 3 atom stereocenters. The second-order valence-electron chi connectivity index (χ2n) is 10.2. The number of carboxylic acid groups (broad SMARTS) is 1. The summed E-state index contributed by atoms with van der Waals surface area (Å²) in [6.07, 6.45) is 6.65. The number of amides is 1. The van der Waals surface area contributed by atoms with Gasteiger partial charge in [-0.25, -0.2) is 24.4 Å². The quantitative estimate of drug-likeness (QED) is 0.434. The van der Waals surface area contributed by atoms with Gasteiger partial charge in [0.15, 0.2) is 17.6 Å². The molecular formula is C26H30N8O4. The average Bonchev–Trinajstić information content (AvgIpc) is 3.35. The number of rotatable bonds is 3. The van der Waals surface area contributed by atoms with Crippen LogP contribution < -0.4 is 10.5 Å². The van der Waals surface area contributed by atoms with Gasteiger partial charge in [0.05, 0.1) is 17.4 Å². The van der Waals surface area contributed by atoms with E-state index < -0.39 is 6.09 Å². The molecule has 38 heavy (non-hydrogen) atoms. The fourth-order valence-corrected chi connectivity index (χ4v) is 5.67. The van der Waals surface area contributed by atoms with Crippen molar-refractivity contribution in [3.63, 3.8) is 0 Å². The molecule has 5 heterocycles. The summed E-state index contributed by atoms with van der Waals surface area (Å²) in [6, 6.07) is 3.61. The lowest BCUT2D eigenvalue weighted by Gasteiger charge is -2.43. The molecule has 3 unspecified atom stereocenters. The van der Waals surface area contributed by atoms with Crippen LogP contribution in [0.15, 0.2) is 35.8 Å². The first-order valence-corrected chi connectivity index (χ1v) is 12.9. The fourth-order valence-electron chi connectivity index (χ4n) is 5.67. The lowest BCUT2D eigenvalue weighted by Crippen LogP contribution is -2.58. The van der Waals surface area contributed by atoms with Crippen molar-refractivity contribution < 1.29 is 14.6 Å². The molecule has 0 aliphatic carbocycles. The molecule has 0 radical (unpaired) electrons. The molecule has 2 aliphatic heterocycles. The number of anilines is 1. The van der Waals surface area contributed by atoms with Crippen LogP contribution in [0.25, 0.3) is 27.6 Å². The molecule has 0 spiro atoms. The molecule has 4 aromatic rings. The number of aryl methyl sites for hydroxylation is 1. The third kappa shape index (κ3) is 3.87. The zero-order chi connectivity index (χ0) is 26.6. The predicted octanol–water partition coefficient (Wildman–Crippen LogP) is 3.11. The van der Waals surface area contributed by atoms with Crippen LogP contribution in [0.1, 0.15) is 44.9 Å². The zero-order valence-electron chi connectivity index (χ0n) is 21.6. The smallest absolute Gasteiger partial charge is 0.407 e. The molecule has 12 heteroatoms. The molecule has 0 saturated carbocycles. The highest BCUT2D eigenvalue weighted by atomic mass is 16.5. The summed E-state index contributed by atoms with van der Waals surface area (Å²) in [5.41, 5.74) is 2.81. The Bertz CT molecular complexity index is 1590. The van der Waals surface area contributed by atoms with Gasteiger partial charge in [0, 0.05) is 37.2 Å². The SMILES string of the molecule is Cc1ccc2c(cnn2C2CCCCO2)c1-n1cnc2c(N3CC(C)N(C(=O)O)CC3C)ncnc2c1=O. The normalized spacial score (nSPS) is 22.3. The first-order chi connectivity index (χ1) is 18.3. The number of ether oxygens (including phenoxy) is 1. The predicted molar refractivity (Wildman–Crippen MR) is 141 cm³/mol. The Labute approximate surface area is 218 Å². The molecule has 1 aromatic carbocycles. The third-order valence-electron chi connectivity index (χ3n) is 7.65. The lowest BCUT2D eigenvalue weighted by atomic mass is 10.1. The van der Waals surface area contributed by atoms with E-state index in [0.717, 1.165) is 35.7 Å². The minimum Gasteiger partial charge on any atom is -0.465 e. The Morgan fingerprint density at radius 2 is 1.92 bits per heavy atom. The van der Waals surface area contributed by atoms with Gasteiger partial charge in [-0.1, -0.05) is 6.07 Å². The highest BCUT2D eigenvalue weighted by Gasteiger charge is 2.34. The van der Waals surface area contributed by atoms with Crippen LogP contribution in [0.3, 0.4) is 0 Å². The molecule has 6 rings (SSSR count). The van der Waals surface area contributed by atoms with E-state index in [0.29, 0.717) is 36.7 Å². The number of benzene rings is 1. The number of carbonyl (C=O) groups is 1. The van der Waals surface area contributed by atoms with Gasteiger partial charge in [0.2, 0.25) is 0 Å². The van der Waals surface area contributed by atoms with E-state index >= 15 is 0 Å². The molecule has 2 saturated heterocycles. The van der Waals surface area contributed by atoms with Crippen molar-refractivity contribution >= 4 is 33.8 Å². The average molecular weight is 519 g/mol. The highest BCUT2D eigenvalue weighted by molar-refractivity contribution is 5.90. The van der Waals surface area contributed by atoms with E-state index in [-0.39, 0.29) is 29.4 Å². The van der Waals surface area contributed by atoms with Crippen molar-refractivity contribution in [2.75, 3.05) is 24.6 Å². The maximum Gasteiger partial charge on any atom is 0.407 e. The highest BCUT2D eigenvalue weighted by Crippen LogP contribution is 2.31. The monoisotopic (exact) mass is 518 g/mol. The number of aromatic nitrogens is 6. The van der Waals surface area contributed by atoms with Crippen LogP contribution in [0.2, 0.25) is 0 Å². The Hall–Kier alpha value is -4.06. The molecule has 0 bridgehead atoms. The molecule has 2 aliphatic rings. The third-order valence-corrected chi connectivity index (χ3v) is 7.65. The van der Waals surface area contributed by atoms with Crippen molar-refractivity contribution in [2.45, 2.75) is 58.3 Å². The van der Waals surface area contributed by atoms with Crippen LogP contribution >= 0.6 is 0 Å². The summed E-state index contributed by atoms with van der Waals surface area (Å²) in [4.78, 5) is 42.3. The van der Waals surface area contributed by atoms with Crippen molar-refractivity contribution in [1.29, 1.82) is 0 Å². The molecule has 2 fully saturated rings. The summed E-state index contributed by atoms with van der Waals surface area (Å²) in [5, 5.41) is 15.0. The summed E-state index contributed by atoms with van der Waals surface area (Å²) in [6.45, 7) is 7.23. The lowest BCUT2D eigenvalue weighted by molar-refractivity contribution is -0.0366. The fraction of sp³-hybridized carbons (Fsp3) is 0.462. The van der Waals surface area contributed by atoms with Gasteiger partial charge < -0.3 is 19.6 Å². The van der Waals surface area contributed by atoms with Gasteiger partial charge in [-0.05, 0) is 51.7 Å². The van der Waals surface area contributed by atoms with E-state index in [9.17, 15) is 14.7 Å². The van der Waals surface area contributed by atoms with Crippen LogP contribution in [-0.2, 0) is 4.74 Å². The van der Waals surface area contributed by atoms with Crippen LogP contribution in [0, 0.1) is 6.92 Å². The largest absolute Gasteiger partial charge is 0.465 e. The van der Waals surface area contributed by atoms with Gasteiger partial charge in [-0.2, -0.15) is 5.10 Å². The number of fused-ring (bicyclic) bond motifs is 2. The summed E-state index contributed by atoms with van der Waals surface area (Å²) in [7, 11) is 0. The molecule has 3 aromatic heterocycles. The van der Waals surface area contributed by atoms with E-state index in [4.69, 9.17) is 4.74 Å². The van der Waals surface area contributed by atoms with Gasteiger partial charge in [-0.3, -0.25) is 9.36 Å². The van der Waals surface area contributed by atoms with E-state index in [2.05, 4.69) is 20.1 Å². The minimum atomic E-state index is -0.944. The van der Waals surface area contributed by atoms with Gasteiger partial charge in [0.25, 0.3) is 5.56 Å². The number of nitrogens with zero attached hydrogens (tertiary/aromatic N) is 8. The van der Waals surface area contributed by atoms with Crippen LogP contribution in [-0.4, -0.2) is 77.2 Å². The second-order valence-corrected chi connectivity index (χ2v) is 10.2.